The zero-order chi connectivity index (χ0) is 15.0. The van der Waals surface area contributed by atoms with Crippen molar-refractivity contribution in [2.75, 3.05) is 6.54 Å². The molecule has 6 nitrogen and oxygen atoms in total. The van der Waals surface area contributed by atoms with Gasteiger partial charge in [0.15, 0.2) is 4.96 Å². The maximum Gasteiger partial charge on any atom is 0.269 e. The van der Waals surface area contributed by atoms with E-state index in [1.54, 1.807) is 23.5 Å². The predicted molar refractivity (Wildman–Crippen MR) is 82.7 cm³/mol. The largest absolute Gasteiger partial charge is 0.330 e. The normalized spacial score (nSPS) is 11.1. The van der Waals surface area contributed by atoms with Crippen LogP contribution in [0.1, 0.15) is 11.4 Å². The van der Waals surface area contributed by atoms with Crippen molar-refractivity contribution < 1.29 is 4.92 Å². The van der Waals surface area contributed by atoms with E-state index in [1.807, 2.05) is 6.92 Å². The number of hydrogen-bond acceptors (Lipinski definition) is 5. The number of imidazole rings is 1. The van der Waals surface area contributed by atoms with Gasteiger partial charge in [-0.25, -0.2) is 4.98 Å². The average molecular weight is 302 g/mol. The van der Waals surface area contributed by atoms with Crippen LogP contribution in [0.15, 0.2) is 29.6 Å². The Morgan fingerprint density at radius 3 is 2.71 bits per heavy atom. The van der Waals surface area contributed by atoms with Gasteiger partial charge < -0.3 is 5.73 Å². The Hall–Kier alpha value is -2.25. The number of benzene rings is 1. The Kier molecular flexibility index (Phi) is 3.44. The second-order valence-corrected chi connectivity index (χ2v) is 5.57. The quantitative estimate of drug-likeness (QED) is 0.593. The second kappa shape index (κ2) is 5.27. The molecule has 0 atom stereocenters. The van der Waals surface area contributed by atoms with E-state index >= 15 is 0 Å². The first-order chi connectivity index (χ1) is 10.1. The molecule has 2 N–H and O–H groups in total. The fourth-order valence-corrected chi connectivity index (χ4v) is 3.37. The highest BCUT2D eigenvalue weighted by Crippen LogP contribution is 2.29. The summed E-state index contributed by atoms with van der Waals surface area (Å²) in [6, 6.07) is 6.48. The summed E-state index contributed by atoms with van der Waals surface area (Å²) < 4.78 is 2.11. The molecule has 21 heavy (non-hydrogen) atoms. The fourth-order valence-electron chi connectivity index (χ4n) is 2.40. The van der Waals surface area contributed by atoms with E-state index in [9.17, 15) is 10.1 Å². The van der Waals surface area contributed by atoms with Gasteiger partial charge >= 0.3 is 0 Å². The van der Waals surface area contributed by atoms with E-state index in [1.165, 1.54) is 12.1 Å². The van der Waals surface area contributed by atoms with Crippen LogP contribution in [-0.2, 0) is 6.42 Å². The van der Waals surface area contributed by atoms with Gasteiger partial charge in [0.05, 0.1) is 10.6 Å². The Bertz CT molecular complexity index is 804. The predicted octanol–water partition coefficient (Wildman–Crippen LogP) is 2.78. The van der Waals surface area contributed by atoms with E-state index in [0.717, 1.165) is 34.0 Å². The van der Waals surface area contributed by atoms with Crippen molar-refractivity contribution in [1.29, 1.82) is 0 Å². The number of nitro benzene ring substituents is 1. The van der Waals surface area contributed by atoms with Gasteiger partial charge in [0, 0.05) is 40.9 Å². The monoisotopic (exact) mass is 302 g/mol. The van der Waals surface area contributed by atoms with Crippen LogP contribution in [0.3, 0.4) is 0 Å². The number of fused-ring (bicyclic) bond motifs is 1. The summed E-state index contributed by atoms with van der Waals surface area (Å²) in [6.45, 7) is 2.60. The van der Waals surface area contributed by atoms with Gasteiger partial charge in [-0.3, -0.25) is 14.5 Å². The number of nitro groups is 1. The number of nitrogens with zero attached hydrogens (tertiary/aromatic N) is 3. The Labute approximate surface area is 125 Å². The summed E-state index contributed by atoms with van der Waals surface area (Å²) in [5.74, 6) is 0. The third kappa shape index (κ3) is 2.30. The molecule has 0 saturated carbocycles. The average Bonchev–Trinajstić information content (AvgIpc) is 3.01. The van der Waals surface area contributed by atoms with Crippen molar-refractivity contribution in [3.8, 4) is 11.3 Å². The third-order valence-electron chi connectivity index (χ3n) is 3.42. The highest BCUT2D eigenvalue weighted by Gasteiger charge is 2.15. The molecule has 0 unspecified atom stereocenters. The number of hydrogen-bond donors (Lipinski definition) is 1. The molecular formula is C14H14N4O2S. The van der Waals surface area contributed by atoms with Crippen LogP contribution >= 0.6 is 11.3 Å². The van der Waals surface area contributed by atoms with E-state index < -0.39 is 4.92 Å². The highest BCUT2D eigenvalue weighted by molar-refractivity contribution is 7.15. The van der Waals surface area contributed by atoms with Gasteiger partial charge in [-0.2, -0.15) is 0 Å². The molecular weight excluding hydrogens is 288 g/mol. The van der Waals surface area contributed by atoms with Gasteiger partial charge in [-0.1, -0.05) is 0 Å². The number of aromatic nitrogens is 2. The summed E-state index contributed by atoms with van der Waals surface area (Å²) >= 11 is 1.58. The minimum absolute atomic E-state index is 0.0845. The lowest BCUT2D eigenvalue weighted by Gasteiger charge is -2.01. The Balaban J connectivity index is 2.08. The maximum absolute atomic E-state index is 10.7. The zero-order valence-corrected chi connectivity index (χ0v) is 12.3. The molecule has 108 valence electrons. The van der Waals surface area contributed by atoms with Crippen LogP contribution in [0.2, 0.25) is 0 Å². The Morgan fingerprint density at radius 2 is 2.10 bits per heavy atom. The van der Waals surface area contributed by atoms with E-state index in [0.29, 0.717) is 6.54 Å². The molecule has 0 aliphatic rings. The molecule has 0 amide bonds. The minimum atomic E-state index is -0.401. The van der Waals surface area contributed by atoms with Crippen LogP contribution in [0, 0.1) is 17.0 Å². The van der Waals surface area contributed by atoms with Crippen LogP contribution in [0.5, 0.6) is 0 Å². The summed E-state index contributed by atoms with van der Waals surface area (Å²) in [6.07, 6.45) is 0.802. The molecule has 0 aliphatic heterocycles. The molecule has 0 radical (unpaired) electrons. The van der Waals surface area contributed by atoms with Crippen LogP contribution in [-0.4, -0.2) is 20.9 Å². The lowest BCUT2D eigenvalue weighted by atomic mass is 10.1. The topological polar surface area (TPSA) is 86.5 Å². The van der Waals surface area contributed by atoms with Crippen molar-refractivity contribution in [2.24, 2.45) is 5.73 Å². The van der Waals surface area contributed by atoms with Crippen molar-refractivity contribution in [1.82, 2.24) is 9.38 Å². The molecule has 1 aromatic carbocycles. The highest BCUT2D eigenvalue weighted by atomic mass is 32.1. The van der Waals surface area contributed by atoms with Gasteiger partial charge in [0.25, 0.3) is 5.69 Å². The molecule has 2 aromatic heterocycles. The number of thiazole rings is 1. The van der Waals surface area contributed by atoms with E-state index in [4.69, 9.17) is 5.73 Å². The van der Waals surface area contributed by atoms with Crippen LogP contribution in [0.25, 0.3) is 16.2 Å². The van der Waals surface area contributed by atoms with Gasteiger partial charge in [0.1, 0.15) is 0 Å². The molecule has 0 fully saturated rings. The number of aryl methyl sites for hydroxylation is 1. The van der Waals surface area contributed by atoms with Gasteiger partial charge in [-0.15, -0.1) is 11.3 Å². The van der Waals surface area contributed by atoms with Crippen molar-refractivity contribution in [2.45, 2.75) is 13.3 Å². The molecule has 0 aliphatic carbocycles. The summed E-state index contributed by atoms with van der Waals surface area (Å²) in [7, 11) is 0. The van der Waals surface area contributed by atoms with Gasteiger partial charge in [-0.05, 0) is 25.6 Å². The number of non-ortho nitro benzene ring substituents is 1. The maximum atomic E-state index is 10.7. The summed E-state index contributed by atoms with van der Waals surface area (Å²) in [4.78, 5) is 15.9. The Morgan fingerprint density at radius 1 is 1.38 bits per heavy atom. The van der Waals surface area contributed by atoms with Gasteiger partial charge in [0.2, 0.25) is 0 Å². The lowest BCUT2D eigenvalue weighted by molar-refractivity contribution is -0.384. The molecule has 0 saturated heterocycles. The smallest absolute Gasteiger partial charge is 0.269 e. The molecule has 0 bridgehead atoms. The minimum Gasteiger partial charge on any atom is -0.330 e. The van der Waals surface area contributed by atoms with Crippen molar-refractivity contribution in [3.63, 3.8) is 0 Å². The second-order valence-electron chi connectivity index (χ2n) is 4.73. The standard InChI is InChI=1S/C14H14N4O2S/c1-9-13(10-2-4-11(5-3-10)18(19)20)16-14-17(9)12(6-7-15)8-21-14/h2-5,8H,6-7,15H2,1H3. The van der Waals surface area contributed by atoms with Crippen molar-refractivity contribution in [3.05, 3.63) is 51.1 Å². The first kappa shape index (κ1) is 13.7. The fraction of sp³-hybridized carbons (Fsp3) is 0.214. The summed E-state index contributed by atoms with van der Waals surface area (Å²) in [5.41, 5.74) is 9.63. The molecule has 0 spiro atoms. The molecule has 7 heteroatoms. The zero-order valence-electron chi connectivity index (χ0n) is 11.4. The molecule has 2 heterocycles. The van der Waals surface area contributed by atoms with E-state index in [-0.39, 0.29) is 5.69 Å². The first-order valence-corrected chi connectivity index (χ1v) is 7.40. The molecule has 3 aromatic rings. The summed E-state index contributed by atoms with van der Waals surface area (Å²) in [5, 5.41) is 12.8. The number of rotatable bonds is 4. The van der Waals surface area contributed by atoms with E-state index in [2.05, 4.69) is 14.8 Å². The SMILES string of the molecule is Cc1c(-c2ccc([N+](=O)[O-])cc2)nc2scc(CCN)n12. The van der Waals surface area contributed by atoms with Crippen LogP contribution in [0.4, 0.5) is 5.69 Å². The molecule has 3 rings (SSSR count). The number of nitrogens with two attached hydrogens (primary N) is 1. The van der Waals surface area contributed by atoms with Crippen LogP contribution < -0.4 is 5.73 Å². The van der Waals surface area contributed by atoms with Crippen molar-refractivity contribution >= 4 is 22.0 Å². The first-order valence-electron chi connectivity index (χ1n) is 6.52. The lowest BCUT2D eigenvalue weighted by Crippen LogP contribution is -2.05. The third-order valence-corrected chi connectivity index (χ3v) is 4.29.